The lowest BCUT2D eigenvalue weighted by Gasteiger charge is -2.37. The smallest absolute Gasteiger partial charge is 0.265 e. The highest BCUT2D eigenvalue weighted by Gasteiger charge is 2.30. The number of hydrogen-bond acceptors (Lipinski definition) is 5. The Morgan fingerprint density at radius 2 is 1.96 bits per heavy atom. The Balaban J connectivity index is 1.65. The van der Waals surface area contributed by atoms with Crippen molar-refractivity contribution in [2.24, 2.45) is 0 Å². The van der Waals surface area contributed by atoms with Gasteiger partial charge < -0.3 is 9.64 Å². The quantitative estimate of drug-likeness (QED) is 0.829. The fourth-order valence-corrected chi connectivity index (χ4v) is 3.23. The Hall–Kier alpha value is -1.47. The van der Waals surface area contributed by atoms with E-state index in [9.17, 15) is 4.79 Å². The van der Waals surface area contributed by atoms with Gasteiger partial charge in [-0.1, -0.05) is 30.3 Å². The molecule has 1 aromatic carbocycles. The van der Waals surface area contributed by atoms with E-state index in [1.54, 1.807) is 0 Å². The fourth-order valence-electron chi connectivity index (χ4n) is 3.23. The van der Waals surface area contributed by atoms with Crippen molar-refractivity contribution < 1.29 is 14.4 Å². The Morgan fingerprint density at radius 1 is 1.21 bits per heavy atom. The van der Waals surface area contributed by atoms with Gasteiger partial charge in [-0.25, -0.2) is 10.3 Å². The molecule has 0 unspecified atom stereocenters. The first-order valence-corrected chi connectivity index (χ1v) is 8.78. The molecule has 1 amide bonds. The summed E-state index contributed by atoms with van der Waals surface area (Å²) in [6.07, 6.45) is 2.62. The van der Waals surface area contributed by atoms with Gasteiger partial charge in [-0.05, 0) is 25.5 Å². The van der Waals surface area contributed by atoms with Crippen LogP contribution in [0.1, 0.15) is 30.9 Å². The van der Waals surface area contributed by atoms with E-state index in [2.05, 4.69) is 22.3 Å². The number of carbonyl (C=O) groups excluding carboxylic acids is 1. The van der Waals surface area contributed by atoms with Crippen LogP contribution >= 0.6 is 0 Å². The monoisotopic (exact) mass is 333 g/mol. The van der Waals surface area contributed by atoms with Crippen molar-refractivity contribution in [3.05, 3.63) is 35.9 Å². The molecule has 2 saturated heterocycles. The summed E-state index contributed by atoms with van der Waals surface area (Å²) in [5.74, 6) is -0.125. The second-order valence-corrected chi connectivity index (χ2v) is 6.53. The van der Waals surface area contributed by atoms with Crippen molar-refractivity contribution in [2.45, 2.75) is 31.6 Å². The zero-order valence-corrected chi connectivity index (χ0v) is 14.3. The molecule has 0 radical (unpaired) electrons. The fraction of sp³-hybridized carbons (Fsp3) is 0.611. The third-order valence-electron chi connectivity index (χ3n) is 4.70. The van der Waals surface area contributed by atoms with Crippen LogP contribution in [0.15, 0.2) is 30.3 Å². The first kappa shape index (κ1) is 17.4. The summed E-state index contributed by atoms with van der Waals surface area (Å²) in [5, 5.41) is 0. The van der Waals surface area contributed by atoms with Crippen LogP contribution in [0.3, 0.4) is 0 Å². The minimum Gasteiger partial charge on any atom is -0.350 e. The molecule has 0 bridgehead atoms. The molecule has 1 aromatic rings. The van der Waals surface area contributed by atoms with Gasteiger partial charge in [-0.15, -0.1) is 0 Å². The van der Waals surface area contributed by atoms with Crippen LogP contribution in [0.25, 0.3) is 0 Å². The highest BCUT2D eigenvalue weighted by atomic mass is 16.8. The molecule has 2 aliphatic heterocycles. The first-order chi connectivity index (χ1) is 11.7. The van der Waals surface area contributed by atoms with Crippen LogP contribution < -0.4 is 5.48 Å². The number of hydroxylamine groups is 1. The number of piperazine rings is 1. The first-order valence-electron chi connectivity index (χ1n) is 8.78. The van der Waals surface area contributed by atoms with Gasteiger partial charge in [0.25, 0.3) is 5.91 Å². The topological polar surface area (TPSA) is 54.0 Å². The average molecular weight is 333 g/mol. The normalized spacial score (nSPS) is 24.5. The number of nitrogens with one attached hydrogen (secondary N) is 1. The number of rotatable bonds is 5. The molecule has 1 N–H and O–H groups in total. The SMILES string of the molecule is CN1CCN([C@@H](C(=O)NO[C@@H]2CCCCO2)c2ccccc2)CC1. The molecular weight excluding hydrogens is 306 g/mol. The van der Waals surface area contributed by atoms with Gasteiger partial charge in [0.2, 0.25) is 0 Å². The molecule has 24 heavy (non-hydrogen) atoms. The largest absolute Gasteiger partial charge is 0.350 e. The predicted octanol–water partition coefficient (Wildman–Crippen LogP) is 1.55. The lowest BCUT2D eigenvalue weighted by Crippen LogP contribution is -2.50. The Kier molecular flexibility index (Phi) is 6.20. The van der Waals surface area contributed by atoms with Crippen molar-refractivity contribution in [3.8, 4) is 0 Å². The number of amides is 1. The maximum Gasteiger partial charge on any atom is 0.265 e. The molecule has 6 nitrogen and oxygen atoms in total. The van der Waals surface area contributed by atoms with E-state index in [0.29, 0.717) is 6.61 Å². The van der Waals surface area contributed by atoms with Crippen molar-refractivity contribution in [2.75, 3.05) is 39.8 Å². The van der Waals surface area contributed by atoms with E-state index in [4.69, 9.17) is 9.57 Å². The Bertz CT molecular complexity index is 512. The lowest BCUT2D eigenvalue weighted by molar-refractivity contribution is -0.202. The minimum absolute atomic E-state index is 0.125. The summed E-state index contributed by atoms with van der Waals surface area (Å²) in [4.78, 5) is 22.8. The van der Waals surface area contributed by atoms with Gasteiger partial charge in [-0.2, -0.15) is 0 Å². The molecule has 0 spiro atoms. The van der Waals surface area contributed by atoms with E-state index >= 15 is 0 Å². The van der Waals surface area contributed by atoms with Gasteiger partial charge in [0.15, 0.2) is 6.29 Å². The third kappa shape index (κ3) is 4.54. The molecule has 0 saturated carbocycles. The average Bonchev–Trinajstić information content (AvgIpc) is 2.64. The van der Waals surface area contributed by atoms with Crippen LogP contribution in [0.4, 0.5) is 0 Å². The molecule has 3 rings (SSSR count). The molecule has 0 aromatic heterocycles. The molecule has 0 aliphatic carbocycles. The van der Waals surface area contributed by atoms with Gasteiger partial charge in [-0.3, -0.25) is 9.69 Å². The maximum absolute atomic E-state index is 12.8. The van der Waals surface area contributed by atoms with E-state index in [1.807, 2.05) is 30.3 Å². The zero-order chi connectivity index (χ0) is 16.8. The number of ether oxygens (including phenoxy) is 1. The van der Waals surface area contributed by atoms with E-state index < -0.39 is 0 Å². The summed E-state index contributed by atoms with van der Waals surface area (Å²) >= 11 is 0. The van der Waals surface area contributed by atoms with Crippen LogP contribution in [0.2, 0.25) is 0 Å². The molecular formula is C18H27N3O3. The summed E-state index contributed by atoms with van der Waals surface area (Å²) in [6, 6.07) is 9.57. The number of likely N-dealkylation sites (N-methyl/N-ethyl adjacent to an activating group) is 1. The number of carbonyl (C=O) groups is 1. The van der Waals surface area contributed by atoms with Crippen LogP contribution in [0.5, 0.6) is 0 Å². The van der Waals surface area contributed by atoms with Crippen molar-refractivity contribution in [1.29, 1.82) is 0 Å². The summed E-state index contributed by atoms with van der Waals surface area (Å²) in [6.45, 7) is 4.35. The van der Waals surface area contributed by atoms with E-state index in [0.717, 1.165) is 51.0 Å². The van der Waals surface area contributed by atoms with E-state index in [1.165, 1.54) is 0 Å². The van der Waals surface area contributed by atoms with Gasteiger partial charge >= 0.3 is 0 Å². The molecule has 6 heteroatoms. The predicted molar refractivity (Wildman–Crippen MR) is 91.1 cm³/mol. The minimum atomic E-state index is -0.330. The second-order valence-electron chi connectivity index (χ2n) is 6.53. The standard InChI is InChI=1S/C18H27N3O3/c1-20-10-12-21(13-11-20)17(15-7-3-2-4-8-15)18(22)19-24-16-9-5-6-14-23-16/h2-4,7-8,16-17H,5-6,9-14H2,1H3,(H,19,22)/t16-,17-/m1/s1. The highest BCUT2D eigenvalue weighted by Crippen LogP contribution is 2.23. The van der Waals surface area contributed by atoms with Crippen LogP contribution in [0, 0.1) is 0 Å². The molecule has 2 fully saturated rings. The number of nitrogens with zero attached hydrogens (tertiary/aromatic N) is 2. The molecule has 2 heterocycles. The third-order valence-corrected chi connectivity index (χ3v) is 4.70. The van der Waals surface area contributed by atoms with Gasteiger partial charge in [0.05, 0.1) is 0 Å². The van der Waals surface area contributed by atoms with Crippen molar-refractivity contribution >= 4 is 5.91 Å². The zero-order valence-electron chi connectivity index (χ0n) is 14.3. The molecule has 2 aliphatic rings. The van der Waals surface area contributed by atoms with Crippen LogP contribution in [-0.4, -0.2) is 61.8 Å². The van der Waals surface area contributed by atoms with Crippen molar-refractivity contribution in [1.82, 2.24) is 15.3 Å². The lowest BCUT2D eigenvalue weighted by atomic mass is 10.0. The van der Waals surface area contributed by atoms with Gasteiger partial charge in [0, 0.05) is 39.2 Å². The Labute approximate surface area is 143 Å². The van der Waals surface area contributed by atoms with Crippen molar-refractivity contribution in [3.63, 3.8) is 0 Å². The number of hydrogen-bond donors (Lipinski definition) is 1. The highest BCUT2D eigenvalue weighted by molar-refractivity contribution is 5.82. The Morgan fingerprint density at radius 3 is 2.62 bits per heavy atom. The summed E-state index contributed by atoms with van der Waals surface area (Å²) < 4.78 is 5.52. The van der Waals surface area contributed by atoms with Crippen LogP contribution in [-0.2, 0) is 14.4 Å². The van der Waals surface area contributed by atoms with Gasteiger partial charge in [0.1, 0.15) is 6.04 Å². The molecule has 2 atom stereocenters. The van der Waals surface area contributed by atoms with E-state index in [-0.39, 0.29) is 18.2 Å². The summed E-state index contributed by atoms with van der Waals surface area (Å²) in [5.41, 5.74) is 3.63. The maximum atomic E-state index is 12.8. The number of benzene rings is 1. The second kappa shape index (κ2) is 8.58. The summed E-state index contributed by atoms with van der Waals surface area (Å²) in [7, 11) is 2.11. The molecule has 132 valence electrons.